The Bertz CT molecular complexity index is 638. The van der Waals surface area contributed by atoms with E-state index in [0.717, 1.165) is 16.5 Å². The summed E-state index contributed by atoms with van der Waals surface area (Å²) in [6, 6.07) is 7.41. The van der Waals surface area contributed by atoms with Crippen molar-refractivity contribution in [1.29, 1.82) is 0 Å². The molecule has 0 bridgehead atoms. The summed E-state index contributed by atoms with van der Waals surface area (Å²) < 4.78 is 0. The van der Waals surface area contributed by atoms with Crippen molar-refractivity contribution in [3.8, 4) is 12.3 Å². The van der Waals surface area contributed by atoms with Gasteiger partial charge in [-0.2, -0.15) is 0 Å². The highest BCUT2D eigenvalue weighted by Gasteiger charge is 2.20. The van der Waals surface area contributed by atoms with E-state index < -0.39 is 6.04 Å². The van der Waals surface area contributed by atoms with Crippen molar-refractivity contribution in [1.82, 2.24) is 9.88 Å². The quantitative estimate of drug-likeness (QED) is 0.808. The summed E-state index contributed by atoms with van der Waals surface area (Å²) in [7, 11) is 0. The zero-order valence-electron chi connectivity index (χ0n) is 11.6. The lowest BCUT2D eigenvalue weighted by Crippen LogP contribution is -2.45. The number of H-pyrrole nitrogens is 1. The Morgan fingerprint density at radius 3 is 2.95 bits per heavy atom. The van der Waals surface area contributed by atoms with Crippen LogP contribution in [0.3, 0.4) is 0 Å². The number of aromatic amines is 1. The first-order valence-corrected chi connectivity index (χ1v) is 6.70. The topological polar surface area (TPSA) is 62.1 Å². The third-order valence-corrected chi connectivity index (χ3v) is 3.41. The second-order valence-corrected chi connectivity index (χ2v) is 4.73. The van der Waals surface area contributed by atoms with Crippen LogP contribution in [0, 0.1) is 12.3 Å². The van der Waals surface area contributed by atoms with Crippen LogP contribution in [0.25, 0.3) is 10.9 Å². The average molecular weight is 269 g/mol. The predicted molar refractivity (Wildman–Crippen MR) is 81.1 cm³/mol. The van der Waals surface area contributed by atoms with Gasteiger partial charge in [-0.05, 0) is 25.0 Å². The fourth-order valence-electron chi connectivity index (χ4n) is 2.31. The van der Waals surface area contributed by atoms with E-state index in [-0.39, 0.29) is 5.91 Å². The van der Waals surface area contributed by atoms with Gasteiger partial charge in [0.2, 0.25) is 5.91 Å². The zero-order chi connectivity index (χ0) is 14.5. The van der Waals surface area contributed by atoms with Crippen LogP contribution in [-0.2, 0) is 11.2 Å². The number of hydrogen-bond acceptors (Lipinski definition) is 2. The number of terminal acetylenes is 1. The molecule has 0 aliphatic carbocycles. The Morgan fingerprint density at radius 1 is 1.50 bits per heavy atom. The molecular formula is C16H19N3O. The largest absolute Gasteiger partial charge is 0.361 e. The molecule has 20 heavy (non-hydrogen) atoms. The van der Waals surface area contributed by atoms with Crippen molar-refractivity contribution >= 4 is 16.8 Å². The van der Waals surface area contributed by atoms with E-state index >= 15 is 0 Å². The number of rotatable bonds is 5. The second-order valence-electron chi connectivity index (χ2n) is 4.73. The lowest BCUT2D eigenvalue weighted by atomic mass is 10.0. The Balaban J connectivity index is 2.13. The zero-order valence-corrected chi connectivity index (χ0v) is 11.6. The molecule has 2 aromatic rings. The van der Waals surface area contributed by atoms with Crippen molar-refractivity contribution in [3.63, 3.8) is 0 Å². The summed E-state index contributed by atoms with van der Waals surface area (Å²) in [5.74, 6) is 2.39. The molecule has 1 amide bonds. The van der Waals surface area contributed by atoms with Gasteiger partial charge in [0.05, 0.1) is 12.6 Å². The Hall–Kier alpha value is -2.25. The third-order valence-electron chi connectivity index (χ3n) is 3.41. The molecule has 1 aromatic heterocycles. The molecule has 4 nitrogen and oxygen atoms in total. The Kier molecular flexibility index (Phi) is 4.44. The van der Waals surface area contributed by atoms with Crippen LogP contribution in [-0.4, -0.2) is 34.9 Å². The fourth-order valence-corrected chi connectivity index (χ4v) is 2.31. The molecule has 4 heteroatoms. The van der Waals surface area contributed by atoms with Crippen LogP contribution in [0.1, 0.15) is 12.5 Å². The van der Waals surface area contributed by atoms with Gasteiger partial charge in [0.25, 0.3) is 0 Å². The lowest BCUT2D eigenvalue weighted by molar-refractivity contribution is -0.131. The predicted octanol–water partition coefficient (Wildman–Crippen LogP) is 1.52. The molecule has 3 N–H and O–H groups in total. The molecule has 0 spiro atoms. The van der Waals surface area contributed by atoms with E-state index in [9.17, 15) is 4.79 Å². The van der Waals surface area contributed by atoms with Crippen LogP contribution in [0.4, 0.5) is 0 Å². The van der Waals surface area contributed by atoms with Crippen LogP contribution >= 0.6 is 0 Å². The molecule has 0 saturated carbocycles. The van der Waals surface area contributed by atoms with Crippen LogP contribution < -0.4 is 5.73 Å². The first-order valence-electron chi connectivity index (χ1n) is 6.70. The van der Waals surface area contributed by atoms with Crippen LogP contribution in [0.15, 0.2) is 30.5 Å². The third kappa shape index (κ3) is 2.84. The number of aromatic nitrogens is 1. The molecule has 1 heterocycles. The van der Waals surface area contributed by atoms with Gasteiger partial charge in [0, 0.05) is 23.6 Å². The number of benzene rings is 1. The normalized spacial score (nSPS) is 12.1. The number of carbonyl (C=O) groups is 1. The Labute approximate surface area is 119 Å². The lowest BCUT2D eigenvalue weighted by Gasteiger charge is -2.22. The van der Waals surface area contributed by atoms with Crippen molar-refractivity contribution in [2.45, 2.75) is 19.4 Å². The van der Waals surface area contributed by atoms with E-state index in [0.29, 0.717) is 19.5 Å². The number of carbonyl (C=O) groups excluding carboxylic acids is 1. The molecule has 0 saturated heterocycles. The average Bonchev–Trinajstić information content (AvgIpc) is 2.87. The molecule has 0 aliphatic rings. The van der Waals surface area contributed by atoms with Gasteiger partial charge in [-0.3, -0.25) is 4.79 Å². The van der Waals surface area contributed by atoms with E-state index in [1.54, 1.807) is 4.90 Å². The smallest absolute Gasteiger partial charge is 0.240 e. The second kappa shape index (κ2) is 6.27. The summed E-state index contributed by atoms with van der Waals surface area (Å²) in [6.45, 7) is 2.77. The molecule has 0 aliphatic heterocycles. The van der Waals surface area contributed by atoms with Gasteiger partial charge in [-0.1, -0.05) is 24.1 Å². The monoisotopic (exact) mass is 269 g/mol. The highest BCUT2D eigenvalue weighted by atomic mass is 16.2. The number of nitrogens with zero attached hydrogens (tertiary/aromatic N) is 1. The minimum absolute atomic E-state index is 0.101. The molecule has 104 valence electrons. The molecule has 1 aromatic carbocycles. The van der Waals surface area contributed by atoms with Crippen molar-refractivity contribution in [2.75, 3.05) is 13.1 Å². The number of nitrogens with one attached hydrogen (secondary N) is 1. The standard InChI is InChI=1S/C16H19N3O/c1-3-9-19(4-2)16(20)14(17)10-12-11-18-15-8-6-5-7-13(12)15/h1,5-8,11,14,18H,4,9-10,17H2,2H3. The SMILES string of the molecule is C#CCN(CC)C(=O)C(N)Cc1c[nH]c2ccccc12. The van der Waals surface area contributed by atoms with E-state index in [1.807, 2.05) is 37.4 Å². The molecule has 0 fully saturated rings. The summed E-state index contributed by atoms with van der Waals surface area (Å²) in [6.07, 6.45) is 7.68. The number of amides is 1. The maximum absolute atomic E-state index is 12.2. The molecular weight excluding hydrogens is 250 g/mol. The van der Waals surface area contributed by atoms with Gasteiger partial charge >= 0.3 is 0 Å². The van der Waals surface area contributed by atoms with E-state index in [2.05, 4.69) is 10.9 Å². The molecule has 1 unspecified atom stereocenters. The highest BCUT2D eigenvalue weighted by molar-refractivity contribution is 5.86. The fraction of sp³-hybridized carbons (Fsp3) is 0.312. The van der Waals surface area contributed by atoms with Crippen molar-refractivity contribution in [2.24, 2.45) is 5.73 Å². The number of likely N-dealkylation sites (N-methyl/N-ethyl adjacent to an activating group) is 1. The highest BCUT2D eigenvalue weighted by Crippen LogP contribution is 2.19. The summed E-state index contributed by atoms with van der Waals surface area (Å²) in [5, 5.41) is 1.11. The minimum atomic E-state index is -0.567. The summed E-state index contributed by atoms with van der Waals surface area (Å²) in [5.41, 5.74) is 8.14. The Morgan fingerprint density at radius 2 is 2.25 bits per heavy atom. The number of hydrogen-bond donors (Lipinski definition) is 2. The number of fused-ring (bicyclic) bond motifs is 1. The van der Waals surface area contributed by atoms with Gasteiger partial charge < -0.3 is 15.6 Å². The maximum Gasteiger partial charge on any atom is 0.240 e. The van der Waals surface area contributed by atoms with Crippen molar-refractivity contribution in [3.05, 3.63) is 36.0 Å². The van der Waals surface area contributed by atoms with Gasteiger partial charge in [-0.25, -0.2) is 0 Å². The van der Waals surface area contributed by atoms with Crippen LogP contribution in [0.5, 0.6) is 0 Å². The number of para-hydroxylation sites is 1. The molecule has 0 radical (unpaired) electrons. The van der Waals surface area contributed by atoms with Gasteiger partial charge in [0.1, 0.15) is 0 Å². The van der Waals surface area contributed by atoms with Crippen LogP contribution in [0.2, 0.25) is 0 Å². The summed E-state index contributed by atoms with van der Waals surface area (Å²) in [4.78, 5) is 17.0. The molecule has 2 rings (SSSR count). The van der Waals surface area contributed by atoms with Gasteiger partial charge in [0.15, 0.2) is 0 Å². The first kappa shape index (κ1) is 14.2. The molecule has 1 atom stereocenters. The summed E-state index contributed by atoms with van der Waals surface area (Å²) >= 11 is 0. The first-order chi connectivity index (χ1) is 9.67. The maximum atomic E-state index is 12.2. The van der Waals surface area contributed by atoms with E-state index in [4.69, 9.17) is 12.2 Å². The van der Waals surface area contributed by atoms with E-state index in [1.165, 1.54) is 0 Å². The van der Waals surface area contributed by atoms with Gasteiger partial charge in [-0.15, -0.1) is 6.42 Å². The van der Waals surface area contributed by atoms with Crippen molar-refractivity contribution < 1.29 is 4.79 Å². The minimum Gasteiger partial charge on any atom is -0.361 e. The number of nitrogens with two attached hydrogens (primary N) is 1.